The van der Waals surface area contributed by atoms with Crippen LogP contribution in [0.2, 0.25) is 0 Å². The second kappa shape index (κ2) is 10.9. The van der Waals surface area contributed by atoms with Gasteiger partial charge in [-0.05, 0) is 99.5 Å². The van der Waals surface area contributed by atoms with Crippen molar-refractivity contribution in [3.8, 4) is 11.8 Å². The predicted octanol–water partition coefficient (Wildman–Crippen LogP) is 5.35. The van der Waals surface area contributed by atoms with Crippen LogP contribution in [-0.4, -0.2) is 16.9 Å². The molecule has 160 valence electrons. The van der Waals surface area contributed by atoms with E-state index in [1.54, 1.807) is 18.2 Å². The van der Waals surface area contributed by atoms with Gasteiger partial charge in [0.25, 0.3) is 11.6 Å². The number of rotatable bonds is 7. The van der Waals surface area contributed by atoms with Crippen molar-refractivity contribution < 1.29 is 14.5 Å². The van der Waals surface area contributed by atoms with Crippen molar-refractivity contribution in [1.29, 1.82) is 5.26 Å². The number of nitriles is 1. The summed E-state index contributed by atoms with van der Waals surface area (Å²) in [5.74, 6) is 0.350. The van der Waals surface area contributed by atoms with E-state index >= 15 is 0 Å². The molecule has 31 heavy (non-hydrogen) atoms. The lowest BCUT2D eigenvalue weighted by molar-refractivity contribution is -0.384. The molecule has 0 saturated heterocycles. The summed E-state index contributed by atoms with van der Waals surface area (Å²) in [5.41, 5.74) is 1.68. The number of benzene rings is 2. The van der Waals surface area contributed by atoms with Crippen LogP contribution >= 0.6 is 45.2 Å². The Bertz CT molecular complexity index is 1030. The molecule has 2 aromatic rings. The molecule has 0 atom stereocenters. The summed E-state index contributed by atoms with van der Waals surface area (Å²) in [6, 6.07) is 12.1. The lowest BCUT2D eigenvalue weighted by Crippen LogP contribution is -2.33. The molecule has 0 spiro atoms. The zero-order valence-corrected chi connectivity index (χ0v) is 20.8. The van der Waals surface area contributed by atoms with Gasteiger partial charge in [-0.2, -0.15) is 5.26 Å². The largest absolute Gasteiger partial charge is 0.487 e. The highest BCUT2D eigenvalue weighted by Gasteiger charge is 2.19. The molecule has 3 rings (SSSR count). The van der Waals surface area contributed by atoms with E-state index in [0.717, 1.165) is 44.0 Å². The Morgan fingerprint density at radius 1 is 1.23 bits per heavy atom. The third kappa shape index (κ3) is 6.39. The van der Waals surface area contributed by atoms with Crippen molar-refractivity contribution in [3.63, 3.8) is 0 Å². The molecule has 1 aliphatic carbocycles. The number of hydrogen-bond acceptors (Lipinski definition) is 5. The predicted molar refractivity (Wildman–Crippen MR) is 133 cm³/mol. The van der Waals surface area contributed by atoms with Gasteiger partial charge in [-0.3, -0.25) is 14.9 Å². The molecule has 0 radical (unpaired) electrons. The van der Waals surface area contributed by atoms with Gasteiger partial charge in [0.1, 0.15) is 24.0 Å². The summed E-state index contributed by atoms with van der Waals surface area (Å²) < 4.78 is 7.60. The third-order valence-corrected chi connectivity index (χ3v) is 6.52. The fourth-order valence-electron chi connectivity index (χ4n) is 3.32. The number of carbonyl (C=O) groups is 1. The number of amides is 1. The zero-order chi connectivity index (χ0) is 22.4. The molecule has 0 bridgehead atoms. The smallest absolute Gasteiger partial charge is 0.269 e. The monoisotopic (exact) mass is 643 g/mol. The van der Waals surface area contributed by atoms with Crippen LogP contribution in [-0.2, 0) is 11.4 Å². The van der Waals surface area contributed by atoms with E-state index in [0.29, 0.717) is 5.75 Å². The summed E-state index contributed by atoms with van der Waals surface area (Å²) in [7, 11) is 0. The molecule has 9 heteroatoms. The molecule has 0 unspecified atom stereocenters. The summed E-state index contributed by atoms with van der Waals surface area (Å²) in [6.45, 7) is 0.270. The van der Waals surface area contributed by atoms with Gasteiger partial charge in [-0.15, -0.1) is 0 Å². The molecular weight excluding hydrogens is 624 g/mol. The summed E-state index contributed by atoms with van der Waals surface area (Å²) in [4.78, 5) is 22.7. The quantitative estimate of drug-likeness (QED) is 0.144. The van der Waals surface area contributed by atoms with Gasteiger partial charge in [0.15, 0.2) is 0 Å². The highest BCUT2D eigenvalue weighted by Crippen LogP contribution is 2.31. The van der Waals surface area contributed by atoms with Crippen LogP contribution in [0.5, 0.6) is 5.75 Å². The number of hydrogen-bond donors (Lipinski definition) is 1. The maximum Gasteiger partial charge on any atom is 0.269 e. The lowest BCUT2D eigenvalue weighted by atomic mass is 10.1. The fourth-order valence-corrected chi connectivity index (χ4v) is 5.45. The molecule has 2 aromatic carbocycles. The van der Waals surface area contributed by atoms with E-state index < -0.39 is 4.92 Å². The topological polar surface area (TPSA) is 105 Å². The Kier molecular flexibility index (Phi) is 8.25. The summed E-state index contributed by atoms with van der Waals surface area (Å²) >= 11 is 4.31. The van der Waals surface area contributed by atoms with E-state index in [2.05, 4.69) is 50.5 Å². The average molecular weight is 643 g/mol. The number of nitrogens with zero attached hydrogens (tertiary/aromatic N) is 2. The van der Waals surface area contributed by atoms with Gasteiger partial charge >= 0.3 is 0 Å². The van der Waals surface area contributed by atoms with Gasteiger partial charge in [-0.1, -0.05) is 12.8 Å². The van der Waals surface area contributed by atoms with Crippen molar-refractivity contribution in [3.05, 3.63) is 70.4 Å². The second-order valence-electron chi connectivity index (χ2n) is 7.15. The Labute approximate surface area is 207 Å². The van der Waals surface area contributed by atoms with Crippen LogP contribution in [0.25, 0.3) is 6.08 Å². The molecule has 1 N–H and O–H groups in total. The first-order valence-corrected chi connectivity index (χ1v) is 11.8. The maximum atomic E-state index is 12.4. The first kappa shape index (κ1) is 23.5. The van der Waals surface area contributed by atoms with Crippen LogP contribution in [0, 0.1) is 28.6 Å². The number of halogens is 2. The van der Waals surface area contributed by atoms with Crippen LogP contribution in [0.4, 0.5) is 5.69 Å². The molecule has 1 aliphatic rings. The standard InChI is InChI=1S/C22H19I2N3O4/c23-19-10-15(9-16(12-25)22(28)26-17-3-1-2-4-17)11-20(24)21(19)31-13-14-5-7-18(8-6-14)27(29)30/h5-11,17H,1-4,13H2,(H,26,28)/b16-9-. The van der Waals surface area contributed by atoms with E-state index in [4.69, 9.17) is 4.74 Å². The normalized spacial score (nSPS) is 14.2. The van der Waals surface area contributed by atoms with E-state index in [-0.39, 0.29) is 29.8 Å². The molecule has 1 saturated carbocycles. The maximum absolute atomic E-state index is 12.4. The lowest BCUT2D eigenvalue weighted by Gasteiger charge is -2.13. The number of ether oxygens (including phenoxy) is 1. The van der Waals surface area contributed by atoms with Crippen LogP contribution in [0.15, 0.2) is 42.0 Å². The van der Waals surface area contributed by atoms with Crippen molar-refractivity contribution in [2.24, 2.45) is 0 Å². The van der Waals surface area contributed by atoms with Crippen molar-refractivity contribution in [2.75, 3.05) is 0 Å². The van der Waals surface area contributed by atoms with Crippen LogP contribution in [0.3, 0.4) is 0 Å². The SMILES string of the molecule is N#C/C(=C/c1cc(I)c(OCc2ccc([N+](=O)[O-])cc2)c(I)c1)C(=O)NC1CCCC1. The van der Waals surface area contributed by atoms with E-state index in [9.17, 15) is 20.2 Å². The molecule has 0 heterocycles. The van der Waals surface area contributed by atoms with Crippen LogP contribution < -0.4 is 10.1 Å². The number of carbonyl (C=O) groups excluding carboxylic acids is 1. The minimum Gasteiger partial charge on any atom is -0.487 e. The Morgan fingerprint density at radius 3 is 2.39 bits per heavy atom. The number of nitro groups is 1. The van der Waals surface area contributed by atoms with Crippen molar-refractivity contribution in [1.82, 2.24) is 5.32 Å². The highest BCUT2D eigenvalue weighted by molar-refractivity contribution is 14.1. The Balaban J connectivity index is 1.71. The molecule has 0 aromatic heterocycles. The minimum atomic E-state index is -0.438. The fraction of sp³-hybridized carbons (Fsp3) is 0.273. The van der Waals surface area contributed by atoms with Gasteiger partial charge in [0.2, 0.25) is 0 Å². The summed E-state index contributed by atoms with van der Waals surface area (Å²) in [5, 5.41) is 23.1. The molecule has 1 fully saturated rings. The van der Waals surface area contributed by atoms with Gasteiger partial charge < -0.3 is 10.1 Å². The highest BCUT2D eigenvalue weighted by atomic mass is 127. The first-order chi connectivity index (χ1) is 14.9. The van der Waals surface area contributed by atoms with Gasteiger partial charge in [0, 0.05) is 18.2 Å². The minimum absolute atomic E-state index is 0.0364. The average Bonchev–Trinajstić information content (AvgIpc) is 3.24. The molecular formula is C22H19I2N3O4. The third-order valence-electron chi connectivity index (χ3n) is 4.92. The molecule has 1 amide bonds. The Hall–Kier alpha value is -2.20. The second-order valence-corrected chi connectivity index (χ2v) is 9.47. The summed E-state index contributed by atoms with van der Waals surface area (Å²) in [6.07, 6.45) is 5.72. The van der Waals surface area contributed by atoms with E-state index in [1.807, 2.05) is 18.2 Å². The van der Waals surface area contributed by atoms with Crippen LogP contribution in [0.1, 0.15) is 36.8 Å². The molecule has 0 aliphatic heterocycles. The number of non-ortho nitro benzene ring substituents is 1. The molecule has 7 nitrogen and oxygen atoms in total. The zero-order valence-electron chi connectivity index (χ0n) is 16.4. The van der Waals surface area contributed by atoms with Crippen molar-refractivity contribution in [2.45, 2.75) is 38.3 Å². The number of nitrogens with one attached hydrogen (secondary N) is 1. The van der Waals surface area contributed by atoms with Gasteiger partial charge in [0.05, 0.1) is 12.1 Å². The van der Waals surface area contributed by atoms with Crippen molar-refractivity contribution >= 4 is 62.9 Å². The van der Waals surface area contributed by atoms with Gasteiger partial charge in [-0.25, -0.2) is 0 Å². The Morgan fingerprint density at radius 2 is 1.84 bits per heavy atom. The number of nitro benzene ring substituents is 1. The van der Waals surface area contributed by atoms with E-state index in [1.165, 1.54) is 12.1 Å². The first-order valence-electron chi connectivity index (χ1n) is 9.65.